The maximum Gasteiger partial charge on any atom is 0.271 e. The molecule has 1 aromatic rings. The van der Waals surface area contributed by atoms with Gasteiger partial charge in [-0.25, -0.2) is 0 Å². The Hall–Kier alpha value is -1.32. The zero-order chi connectivity index (χ0) is 14.1. The number of hydrogen-bond donors (Lipinski definition) is 1. The summed E-state index contributed by atoms with van der Waals surface area (Å²) >= 11 is 0. The lowest BCUT2D eigenvalue weighted by molar-refractivity contribution is 0.0936. The monoisotopic (exact) mass is 251 g/mol. The summed E-state index contributed by atoms with van der Waals surface area (Å²) in [5.74, 6) is 0.243. The van der Waals surface area contributed by atoms with E-state index in [1.807, 2.05) is 24.6 Å². The third-order valence-corrected chi connectivity index (χ3v) is 2.62. The molecule has 0 unspecified atom stereocenters. The quantitative estimate of drug-likeness (QED) is 0.898. The molecule has 0 saturated carbocycles. The Morgan fingerprint density at radius 1 is 1.28 bits per heavy atom. The Balaban J connectivity index is 3.14. The minimum Gasteiger partial charge on any atom is -0.348 e. The van der Waals surface area contributed by atoms with Crippen LogP contribution in [0, 0.1) is 0 Å². The molecule has 0 aliphatic rings. The molecule has 1 N–H and O–H groups in total. The predicted octanol–water partition coefficient (Wildman–Crippen LogP) is 2.90. The maximum absolute atomic E-state index is 12.0. The normalized spacial score (nSPS) is 12.3. The van der Waals surface area contributed by atoms with E-state index >= 15 is 0 Å². The van der Waals surface area contributed by atoms with Gasteiger partial charge in [0.1, 0.15) is 5.69 Å². The van der Waals surface area contributed by atoms with Gasteiger partial charge in [-0.05, 0) is 46.6 Å². The van der Waals surface area contributed by atoms with E-state index in [0.29, 0.717) is 11.6 Å². The van der Waals surface area contributed by atoms with Crippen molar-refractivity contribution >= 4 is 5.91 Å². The number of carbonyl (C=O) groups is 1. The molecule has 1 amide bonds. The lowest BCUT2D eigenvalue weighted by Crippen LogP contribution is -2.31. The Morgan fingerprint density at radius 2 is 1.83 bits per heavy atom. The van der Waals surface area contributed by atoms with Crippen LogP contribution < -0.4 is 5.32 Å². The lowest BCUT2D eigenvalue weighted by atomic mass is 10.1. The first kappa shape index (κ1) is 14.7. The third kappa shape index (κ3) is 3.34. The molecule has 0 radical (unpaired) electrons. The fourth-order valence-electron chi connectivity index (χ4n) is 1.79. The first-order chi connectivity index (χ1) is 8.12. The highest BCUT2D eigenvalue weighted by atomic mass is 16.2. The number of carbonyl (C=O) groups excluding carboxylic acids is 1. The molecule has 0 aliphatic heterocycles. The van der Waals surface area contributed by atoms with Crippen LogP contribution >= 0.6 is 0 Å². The highest BCUT2D eigenvalue weighted by Gasteiger charge is 2.23. The number of rotatable bonds is 3. The molecule has 0 atom stereocenters. The summed E-state index contributed by atoms with van der Waals surface area (Å²) < 4.78 is 1.95. The molecule has 1 rings (SSSR count). The number of nitrogens with one attached hydrogen (secondary N) is 1. The number of hydrogen-bond acceptors (Lipinski definition) is 2. The topological polar surface area (TPSA) is 46.9 Å². The van der Waals surface area contributed by atoms with Gasteiger partial charge in [-0.2, -0.15) is 5.10 Å². The van der Waals surface area contributed by atoms with E-state index in [9.17, 15) is 4.79 Å². The van der Waals surface area contributed by atoms with Gasteiger partial charge in [0, 0.05) is 11.7 Å². The second-order valence-electron chi connectivity index (χ2n) is 6.32. The SMILES string of the molecule is CC(C)NC(=O)c1cc(C(C)C)n(C(C)(C)C)n1. The summed E-state index contributed by atoms with van der Waals surface area (Å²) in [6.45, 7) is 14.4. The van der Waals surface area contributed by atoms with Crippen molar-refractivity contribution in [2.24, 2.45) is 0 Å². The van der Waals surface area contributed by atoms with Crippen LogP contribution in [0.2, 0.25) is 0 Å². The summed E-state index contributed by atoms with van der Waals surface area (Å²) in [4.78, 5) is 12.0. The van der Waals surface area contributed by atoms with Crippen LogP contribution in [0.4, 0.5) is 0 Å². The number of aromatic nitrogens is 2. The fraction of sp³-hybridized carbons (Fsp3) is 0.714. The van der Waals surface area contributed by atoms with Gasteiger partial charge in [-0.15, -0.1) is 0 Å². The van der Waals surface area contributed by atoms with Crippen LogP contribution in [-0.4, -0.2) is 21.7 Å². The van der Waals surface area contributed by atoms with Crippen molar-refractivity contribution in [1.82, 2.24) is 15.1 Å². The first-order valence-electron chi connectivity index (χ1n) is 6.54. The summed E-state index contributed by atoms with van der Waals surface area (Å²) in [6.07, 6.45) is 0. The van der Waals surface area contributed by atoms with E-state index in [0.717, 1.165) is 5.69 Å². The molecule has 18 heavy (non-hydrogen) atoms. The number of amides is 1. The minimum absolute atomic E-state index is 0.102. The van der Waals surface area contributed by atoms with Gasteiger partial charge in [0.25, 0.3) is 5.91 Å². The number of nitrogens with zero attached hydrogens (tertiary/aromatic N) is 2. The predicted molar refractivity (Wildman–Crippen MR) is 73.9 cm³/mol. The van der Waals surface area contributed by atoms with E-state index in [2.05, 4.69) is 45.0 Å². The molecular formula is C14H25N3O. The van der Waals surface area contributed by atoms with E-state index in [1.165, 1.54) is 0 Å². The van der Waals surface area contributed by atoms with Gasteiger partial charge < -0.3 is 5.32 Å². The highest BCUT2D eigenvalue weighted by molar-refractivity contribution is 5.92. The molecule has 0 fully saturated rings. The summed E-state index contributed by atoms with van der Waals surface area (Å²) in [5.41, 5.74) is 1.48. The summed E-state index contributed by atoms with van der Waals surface area (Å²) in [7, 11) is 0. The molecular weight excluding hydrogens is 226 g/mol. The molecule has 4 nitrogen and oxygen atoms in total. The van der Waals surface area contributed by atoms with Gasteiger partial charge >= 0.3 is 0 Å². The maximum atomic E-state index is 12.0. The van der Waals surface area contributed by atoms with Crippen LogP contribution in [0.5, 0.6) is 0 Å². The largest absolute Gasteiger partial charge is 0.348 e. The van der Waals surface area contributed by atoms with Crippen molar-refractivity contribution < 1.29 is 4.79 Å². The van der Waals surface area contributed by atoms with Crippen LogP contribution in [0.3, 0.4) is 0 Å². The molecule has 0 aromatic carbocycles. The smallest absolute Gasteiger partial charge is 0.271 e. The van der Waals surface area contributed by atoms with Gasteiger partial charge in [0.05, 0.1) is 5.54 Å². The average molecular weight is 251 g/mol. The zero-order valence-corrected chi connectivity index (χ0v) is 12.5. The van der Waals surface area contributed by atoms with Crippen molar-refractivity contribution in [2.75, 3.05) is 0 Å². The van der Waals surface area contributed by atoms with Crippen LogP contribution in [-0.2, 0) is 5.54 Å². The van der Waals surface area contributed by atoms with Gasteiger partial charge in [-0.1, -0.05) is 13.8 Å². The molecule has 4 heteroatoms. The van der Waals surface area contributed by atoms with Gasteiger partial charge in [-0.3, -0.25) is 9.48 Å². The van der Waals surface area contributed by atoms with Crippen molar-refractivity contribution in [1.29, 1.82) is 0 Å². The second kappa shape index (κ2) is 5.12. The molecule has 1 aromatic heterocycles. The average Bonchev–Trinajstić information content (AvgIpc) is 2.59. The standard InChI is InChI=1S/C14H25N3O/c1-9(2)12-8-11(13(18)15-10(3)4)16-17(12)14(5,6)7/h8-10H,1-7H3,(H,15,18). The fourth-order valence-corrected chi connectivity index (χ4v) is 1.79. The zero-order valence-electron chi connectivity index (χ0n) is 12.5. The third-order valence-electron chi connectivity index (χ3n) is 2.62. The lowest BCUT2D eigenvalue weighted by Gasteiger charge is -2.23. The van der Waals surface area contributed by atoms with Crippen LogP contribution in [0.1, 0.15) is 70.6 Å². The Morgan fingerprint density at radius 3 is 2.17 bits per heavy atom. The summed E-state index contributed by atoms with van der Waals surface area (Å²) in [6, 6.07) is 2.02. The van der Waals surface area contributed by atoms with Gasteiger partial charge in [0.15, 0.2) is 0 Å². The Labute approximate surface area is 110 Å². The highest BCUT2D eigenvalue weighted by Crippen LogP contribution is 2.23. The van der Waals surface area contributed by atoms with E-state index < -0.39 is 0 Å². The first-order valence-corrected chi connectivity index (χ1v) is 6.54. The van der Waals surface area contributed by atoms with Crippen molar-refractivity contribution in [3.05, 3.63) is 17.5 Å². The Kier molecular flexibility index (Phi) is 4.20. The van der Waals surface area contributed by atoms with E-state index in [4.69, 9.17) is 0 Å². The van der Waals surface area contributed by atoms with E-state index in [-0.39, 0.29) is 17.5 Å². The van der Waals surface area contributed by atoms with Crippen molar-refractivity contribution in [2.45, 2.75) is 66.0 Å². The second-order valence-corrected chi connectivity index (χ2v) is 6.32. The molecule has 0 bridgehead atoms. The molecule has 0 spiro atoms. The van der Waals surface area contributed by atoms with E-state index in [1.54, 1.807) is 0 Å². The van der Waals surface area contributed by atoms with Crippen molar-refractivity contribution in [3.63, 3.8) is 0 Å². The minimum atomic E-state index is -0.115. The molecule has 1 heterocycles. The van der Waals surface area contributed by atoms with Gasteiger partial charge in [0.2, 0.25) is 0 Å². The summed E-state index contributed by atoms with van der Waals surface area (Å²) in [5, 5.41) is 7.34. The van der Waals surface area contributed by atoms with Crippen molar-refractivity contribution in [3.8, 4) is 0 Å². The molecule has 102 valence electrons. The Bertz CT molecular complexity index is 425. The molecule has 0 aliphatic carbocycles. The molecule has 0 saturated heterocycles. The van der Waals surface area contributed by atoms with Crippen LogP contribution in [0.15, 0.2) is 6.07 Å². The van der Waals surface area contributed by atoms with Crippen LogP contribution in [0.25, 0.3) is 0 Å².